The van der Waals surface area contributed by atoms with Crippen molar-refractivity contribution in [3.8, 4) is 5.75 Å². The minimum atomic E-state index is -0.337. The van der Waals surface area contributed by atoms with Gasteiger partial charge in [-0.3, -0.25) is 0 Å². The molecule has 0 fully saturated rings. The van der Waals surface area contributed by atoms with Gasteiger partial charge in [0.2, 0.25) is 0 Å². The van der Waals surface area contributed by atoms with E-state index in [1.165, 1.54) is 11.6 Å². The number of aromatic nitrogens is 2. The fourth-order valence-electron chi connectivity index (χ4n) is 2.75. The summed E-state index contributed by atoms with van der Waals surface area (Å²) in [6, 6.07) is 6.45. The van der Waals surface area contributed by atoms with Crippen LogP contribution in [0.2, 0.25) is 0 Å². The fraction of sp³-hybridized carbons (Fsp3) is 0.412. The van der Waals surface area contributed by atoms with Gasteiger partial charge in [-0.05, 0) is 19.2 Å². The number of fused-ring (bicyclic) bond motifs is 1. The molecule has 0 radical (unpaired) electrons. The second kappa shape index (κ2) is 6.91. The third-order valence-electron chi connectivity index (χ3n) is 4.05. The lowest BCUT2D eigenvalue weighted by Gasteiger charge is -2.28. The summed E-state index contributed by atoms with van der Waals surface area (Å²) in [6.45, 7) is 2.89. The van der Waals surface area contributed by atoms with Crippen LogP contribution in [0.1, 0.15) is 11.3 Å². The van der Waals surface area contributed by atoms with Gasteiger partial charge in [-0.15, -0.1) is 0 Å². The molecular weight excluding hydrogens is 295 g/mol. The molecule has 0 unspecified atom stereocenters. The second-order valence-electron chi connectivity index (χ2n) is 5.81. The Kier molecular flexibility index (Phi) is 4.71. The number of halogens is 1. The average Bonchev–Trinajstić information content (AvgIpc) is 2.56. The number of hydrogen-bond acceptors (Lipinski definition) is 5. The van der Waals surface area contributed by atoms with E-state index in [-0.39, 0.29) is 11.6 Å². The van der Waals surface area contributed by atoms with Crippen LogP contribution in [-0.4, -0.2) is 48.7 Å². The normalized spacial score (nSPS) is 14.4. The minimum Gasteiger partial charge on any atom is -0.489 e. The summed E-state index contributed by atoms with van der Waals surface area (Å²) in [5, 5.41) is 0. The summed E-state index contributed by atoms with van der Waals surface area (Å²) in [5.74, 6) is 0.875. The Labute approximate surface area is 135 Å². The van der Waals surface area contributed by atoms with Gasteiger partial charge in [0.15, 0.2) is 11.6 Å². The van der Waals surface area contributed by atoms with Crippen molar-refractivity contribution in [3.63, 3.8) is 0 Å². The van der Waals surface area contributed by atoms with E-state index in [9.17, 15) is 4.39 Å². The fourth-order valence-corrected chi connectivity index (χ4v) is 2.75. The molecular formula is C17H21FN4O. The predicted octanol–water partition coefficient (Wildman–Crippen LogP) is 2.12. The van der Waals surface area contributed by atoms with E-state index in [2.05, 4.69) is 21.9 Å². The number of hydrogen-bond donors (Lipinski definition) is 0. The quantitative estimate of drug-likeness (QED) is 0.845. The van der Waals surface area contributed by atoms with Crippen molar-refractivity contribution in [2.75, 3.05) is 38.7 Å². The molecule has 0 bridgehead atoms. The van der Waals surface area contributed by atoms with E-state index in [4.69, 9.17) is 4.74 Å². The van der Waals surface area contributed by atoms with Gasteiger partial charge in [-0.2, -0.15) is 0 Å². The van der Waals surface area contributed by atoms with Gasteiger partial charge < -0.3 is 14.5 Å². The van der Waals surface area contributed by atoms with Crippen molar-refractivity contribution in [2.24, 2.45) is 0 Å². The van der Waals surface area contributed by atoms with Crippen LogP contribution >= 0.6 is 0 Å². The Balaban J connectivity index is 1.65. The lowest BCUT2D eigenvalue weighted by molar-refractivity contribution is 0.304. The van der Waals surface area contributed by atoms with Crippen LogP contribution in [0.15, 0.2) is 30.6 Å². The highest BCUT2D eigenvalue weighted by atomic mass is 19.1. The van der Waals surface area contributed by atoms with Gasteiger partial charge in [0, 0.05) is 32.1 Å². The number of rotatable bonds is 5. The molecule has 23 heavy (non-hydrogen) atoms. The summed E-state index contributed by atoms with van der Waals surface area (Å²) in [6.07, 6.45) is 2.56. The van der Waals surface area contributed by atoms with E-state index in [0.29, 0.717) is 13.2 Å². The first-order valence-corrected chi connectivity index (χ1v) is 7.75. The van der Waals surface area contributed by atoms with Gasteiger partial charge in [0.25, 0.3) is 0 Å². The minimum absolute atomic E-state index is 0.283. The maximum absolute atomic E-state index is 13.5. The molecule has 0 N–H and O–H groups in total. The molecule has 0 saturated carbocycles. The Morgan fingerprint density at radius 1 is 1.30 bits per heavy atom. The van der Waals surface area contributed by atoms with Crippen LogP contribution in [0.4, 0.5) is 10.2 Å². The van der Waals surface area contributed by atoms with Gasteiger partial charge in [-0.1, -0.05) is 12.1 Å². The van der Waals surface area contributed by atoms with Crippen molar-refractivity contribution in [1.82, 2.24) is 14.9 Å². The van der Waals surface area contributed by atoms with Crippen molar-refractivity contribution in [2.45, 2.75) is 13.0 Å². The maximum Gasteiger partial charge on any atom is 0.165 e. The Bertz CT molecular complexity index is 679. The van der Waals surface area contributed by atoms with Crippen molar-refractivity contribution >= 4 is 5.82 Å². The summed E-state index contributed by atoms with van der Waals surface area (Å²) < 4.78 is 19.1. The molecule has 0 atom stereocenters. The van der Waals surface area contributed by atoms with E-state index in [1.54, 1.807) is 24.5 Å². The molecule has 0 aliphatic carbocycles. The number of para-hydroxylation sites is 1. The standard InChI is InChI=1S/C17H21FN4O/c1-21-8-7-15-13(11-21)17(20-12-19-15)22(2)9-10-23-16-6-4-3-5-14(16)18/h3-6,12H,7-11H2,1-2H3. The molecule has 122 valence electrons. The molecule has 6 heteroatoms. The molecule has 1 aliphatic rings. The molecule has 1 aromatic heterocycles. The average molecular weight is 316 g/mol. The first-order valence-electron chi connectivity index (χ1n) is 7.75. The Morgan fingerprint density at radius 2 is 2.13 bits per heavy atom. The van der Waals surface area contributed by atoms with Crippen LogP contribution in [0.3, 0.4) is 0 Å². The SMILES string of the molecule is CN1CCc2ncnc(N(C)CCOc3ccccc3F)c2C1. The van der Waals surface area contributed by atoms with Crippen molar-refractivity contribution in [3.05, 3.63) is 47.7 Å². The van der Waals surface area contributed by atoms with Gasteiger partial charge >= 0.3 is 0 Å². The number of nitrogens with zero attached hydrogens (tertiary/aromatic N) is 4. The van der Waals surface area contributed by atoms with E-state index in [0.717, 1.165) is 31.0 Å². The zero-order valence-corrected chi connectivity index (χ0v) is 13.5. The first-order chi connectivity index (χ1) is 11.1. The number of ether oxygens (including phenoxy) is 1. The molecule has 1 aliphatic heterocycles. The van der Waals surface area contributed by atoms with Crippen LogP contribution in [0.5, 0.6) is 5.75 Å². The number of benzene rings is 1. The summed E-state index contributed by atoms with van der Waals surface area (Å²) in [5.41, 5.74) is 2.30. The molecule has 1 aromatic carbocycles. The molecule has 2 heterocycles. The topological polar surface area (TPSA) is 41.5 Å². The number of likely N-dealkylation sites (N-methyl/N-ethyl adjacent to an activating group) is 2. The highest BCUT2D eigenvalue weighted by Crippen LogP contribution is 2.24. The highest BCUT2D eigenvalue weighted by molar-refractivity contribution is 5.48. The lowest BCUT2D eigenvalue weighted by atomic mass is 10.1. The van der Waals surface area contributed by atoms with Crippen LogP contribution in [0.25, 0.3) is 0 Å². The molecule has 0 spiro atoms. The summed E-state index contributed by atoms with van der Waals surface area (Å²) in [7, 11) is 4.07. The third-order valence-corrected chi connectivity index (χ3v) is 4.05. The molecule has 3 rings (SSSR count). The largest absolute Gasteiger partial charge is 0.489 e. The molecule has 5 nitrogen and oxygen atoms in total. The Hall–Kier alpha value is -2.21. The van der Waals surface area contributed by atoms with Crippen molar-refractivity contribution < 1.29 is 9.13 Å². The van der Waals surface area contributed by atoms with Crippen LogP contribution in [-0.2, 0) is 13.0 Å². The molecule has 0 amide bonds. The maximum atomic E-state index is 13.5. The van der Waals surface area contributed by atoms with Gasteiger partial charge in [0.1, 0.15) is 18.8 Å². The molecule has 0 saturated heterocycles. The first kappa shape index (κ1) is 15.7. The van der Waals surface area contributed by atoms with Gasteiger partial charge in [-0.25, -0.2) is 14.4 Å². The van der Waals surface area contributed by atoms with E-state index >= 15 is 0 Å². The van der Waals surface area contributed by atoms with Gasteiger partial charge in [0.05, 0.1) is 12.2 Å². The number of anilines is 1. The third kappa shape index (κ3) is 3.59. The predicted molar refractivity (Wildman–Crippen MR) is 87.2 cm³/mol. The second-order valence-corrected chi connectivity index (χ2v) is 5.81. The van der Waals surface area contributed by atoms with Crippen molar-refractivity contribution in [1.29, 1.82) is 0 Å². The monoisotopic (exact) mass is 316 g/mol. The Morgan fingerprint density at radius 3 is 2.96 bits per heavy atom. The van der Waals surface area contributed by atoms with E-state index < -0.39 is 0 Å². The van der Waals surface area contributed by atoms with E-state index in [1.807, 2.05) is 11.9 Å². The summed E-state index contributed by atoms with van der Waals surface area (Å²) >= 11 is 0. The smallest absolute Gasteiger partial charge is 0.165 e. The molecule has 2 aromatic rings. The zero-order chi connectivity index (χ0) is 16.2. The van der Waals surface area contributed by atoms with Crippen LogP contribution < -0.4 is 9.64 Å². The summed E-state index contributed by atoms with van der Waals surface area (Å²) in [4.78, 5) is 13.1. The van der Waals surface area contributed by atoms with Crippen LogP contribution in [0, 0.1) is 5.82 Å². The highest BCUT2D eigenvalue weighted by Gasteiger charge is 2.20. The zero-order valence-electron chi connectivity index (χ0n) is 13.5. The lowest BCUT2D eigenvalue weighted by Crippen LogP contribution is -2.32.